The summed E-state index contributed by atoms with van der Waals surface area (Å²) in [6, 6.07) is -1.33. The summed E-state index contributed by atoms with van der Waals surface area (Å²) in [4.78, 5) is 23.4. The van der Waals surface area contributed by atoms with Gasteiger partial charge >= 0.3 is 6.03 Å². The van der Waals surface area contributed by atoms with Crippen molar-refractivity contribution in [3.8, 4) is 11.8 Å². The van der Waals surface area contributed by atoms with E-state index in [9.17, 15) is 9.59 Å². The first-order valence-corrected chi connectivity index (χ1v) is 4.92. The minimum Gasteiger partial charge on any atom is -0.368 e. The van der Waals surface area contributed by atoms with Crippen LogP contribution in [0.15, 0.2) is 0 Å². The Bertz CT molecular complexity index is 323. The van der Waals surface area contributed by atoms with Crippen molar-refractivity contribution in [3.05, 3.63) is 0 Å². The van der Waals surface area contributed by atoms with Crippen LogP contribution in [0, 0.1) is 11.8 Å². The van der Waals surface area contributed by atoms with Crippen LogP contribution >= 0.6 is 0 Å². The summed E-state index contributed by atoms with van der Waals surface area (Å²) >= 11 is 0. The third kappa shape index (κ3) is 2.87. The van der Waals surface area contributed by atoms with Crippen LogP contribution in [0.2, 0.25) is 0 Å². The number of urea groups is 1. The zero-order valence-corrected chi connectivity index (χ0v) is 9.10. The van der Waals surface area contributed by atoms with Crippen molar-refractivity contribution in [3.63, 3.8) is 0 Å². The number of primary amides is 2. The van der Waals surface area contributed by atoms with E-state index in [0.717, 1.165) is 0 Å². The van der Waals surface area contributed by atoms with Gasteiger partial charge in [-0.25, -0.2) is 4.79 Å². The minimum atomic E-state index is -0.669. The van der Waals surface area contributed by atoms with E-state index in [1.54, 1.807) is 6.92 Å². The number of carbonyl (C=O) groups is 2. The normalized spacial score (nSPS) is 23.7. The Morgan fingerprint density at radius 1 is 1.50 bits per heavy atom. The maximum absolute atomic E-state index is 11.1. The van der Waals surface area contributed by atoms with Gasteiger partial charge in [0.2, 0.25) is 5.91 Å². The van der Waals surface area contributed by atoms with Gasteiger partial charge < -0.3 is 21.1 Å². The lowest BCUT2D eigenvalue weighted by atomic mass is 10.2. The Labute approximate surface area is 93.9 Å². The highest BCUT2D eigenvalue weighted by atomic mass is 16.5. The summed E-state index contributed by atoms with van der Waals surface area (Å²) in [6.45, 7) is 2.27. The Balaban J connectivity index is 2.57. The quantitative estimate of drug-likeness (QED) is 0.605. The number of carbonyl (C=O) groups excluding carboxylic acids is 2. The molecule has 0 aromatic heterocycles. The summed E-state index contributed by atoms with van der Waals surface area (Å²) in [5.41, 5.74) is 10.3. The van der Waals surface area contributed by atoms with Gasteiger partial charge in [-0.2, -0.15) is 0 Å². The Morgan fingerprint density at radius 2 is 2.19 bits per heavy atom. The number of hydrogen-bond acceptors (Lipinski definition) is 3. The molecule has 0 radical (unpaired) electrons. The van der Waals surface area contributed by atoms with Crippen LogP contribution in [0.1, 0.15) is 13.3 Å². The van der Waals surface area contributed by atoms with Gasteiger partial charge in [0.25, 0.3) is 0 Å². The zero-order chi connectivity index (χ0) is 12.1. The van der Waals surface area contributed by atoms with Crippen LogP contribution in [-0.4, -0.2) is 42.1 Å². The van der Waals surface area contributed by atoms with Crippen molar-refractivity contribution in [2.24, 2.45) is 11.5 Å². The molecule has 6 nitrogen and oxygen atoms in total. The predicted octanol–water partition coefficient (Wildman–Crippen LogP) is -0.967. The Hall–Kier alpha value is -1.74. The molecule has 4 N–H and O–H groups in total. The zero-order valence-electron chi connectivity index (χ0n) is 9.10. The van der Waals surface area contributed by atoms with Crippen molar-refractivity contribution in [2.45, 2.75) is 25.5 Å². The third-order valence-corrected chi connectivity index (χ3v) is 2.44. The van der Waals surface area contributed by atoms with Gasteiger partial charge in [-0.3, -0.25) is 4.79 Å². The van der Waals surface area contributed by atoms with Crippen molar-refractivity contribution in [2.75, 3.05) is 13.2 Å². The number of hydrogen-bond donors (Lipinski definition) is 2. The van der Waals surface area contributed by atoms with Crippen molar-refractivity contribution in [1.82, 2.24) is 4.90 Å². The fraction of sp³-hybridized carbons (Fsp3) is 0.600. The molecule has 1 rings (SSSR count). The summed E-state index contributed by atoms with van der Waals surface area (Å²) in [7, 11) is 0. The highest BCUT2D eigenvalue weighted by Gasteiger charge is 2.38. The molecular weight excluding hydrogens is 210 g/mol. The van der Waals surface area contributed by atoms with Crippen LogP contribution in [0.5, 0.6) is 0 Å². The molecule has 0 saturated carbocycles. The van der Waals surface area contributed by atoms with Crippen molar-refractivity contribution >= 4 is 11.9 Å². The number of nitrogens with two attached hydrogens (primary N) is 2. The topological polar surface area (TPSA) is 98.7 Å². The third-order valence-electron chi connectivity index (χ3n) is 2.44. The molecule has 0 aromatic rings. The lowest BCUT2D eigenvalue weighted by Gasteiger charge is -2.18. The van der Waals surface area contributed by atoms with E-state index in [-0.39, 0.29) is 19.3 Å². The highest BCUT2D eigenvalue weighted by Crippen LogP contribution is 2.19. The molecule has 1 aliphatic heterocycles. The minimum absolute atomic E-state index is 0.231. The summed E-state index contributed by atoms with van der Waals surface area (Å²) < 4.78 is 5.37. The van der Waals surface area contributed by atoms with Crippen LogP contribution in [-0.2, 0) is 9.53 Å². The SMILES string of the molecule is CC#CCOC1CC(C(N)=O)N(C(N)=O)C1. The van der Waals surface area contributed by atoms with Gasteiger partial charge in [0.1, 0.15) is 12.6 Å². The first-order chi connectivity index (χ1) is 7.56. The molecule has 0 aliphatic carbocycles. The lowest BCUT2D eigenvalue weighted by molar-refractivity contribution is -0.121. The molecule has 0 bridgehead atoms. The number of nitrogens with zero attached hydrogens (tertiary/aromatic N) is 1. The molecule has 1 saturated heterocycles. The maximum atomic E-state index is 11.1. The fourth-order valence-corrected chi connectivity index (χ4v) is 1.66. The molecule has 3 amide bonds. The molecule has 6 heteroatoms. The van der Waals surface area contributed by atoms with Crippen LogP contribution in [0.3, 0.4) is 0 Å². The van der Waals surface area contributed by atoms with Gasteiger partial charge in [0.15, 0.2) is 0 Å². The number of amides is 3. The van der Waals surface area contributed by atoms with Gasteiger partial charge in [-0.1, -0.05) is 5.92 Å². The molecule has 0 spiro atoms. The second-order valence-corrected chi connectivity index (χ2v) is 3.50. The van der Waals surface area contributed by atoms with E-state index in [2.05, 4.69) is 11.8 Å². The van der Waals surface area contributed by atoms with E-state index in [0.29, 0.717) is 6.42 Å². The molecule has 1 fully saturated rings. The van der Waals surface area contributed by atoms with E-state index in [1.165, 1.54) is 4.90 Å². The Kier molecular flexibility index (Phi) is 4.14. The summed E-state index contributed by atoms with van der Waals surface area (Å²) in [5, 5.41) is 0. The van der Waals surface area contributed by atoms with Crippen molar-refractivity contribution in [1.29, 1.82) is 0 Å². The van der Waals surface area contributed by atoms with Gasteiger partial charge in [-0.15, -0.1) is 5.92 Å². The average molecular weight is 225 g/mol. The molecule has 0 aromatic carbocycles. The van der Waals surface area contributed by atoms with Gasteiger partial charge in [0.05, 0.1) is 6.10 Å². The van der Waals surface area contributed by atoms with Crippen LogP contribution in [0.4, 0.5) is 4.79 Å². The molecular formula is C10H15N3O3. The summed E-state index contributed by atoms with van der Waals surface area (Å²) in [5.74, 6) is 4.86. The molecule has 2 atom stereocenters. The van der Waals surface area contributed by atoms with Crippen LogP contribution in [0.25, 0.3) is 0 Å². The molecule has 1 aliphatic rings. The number of rotatable bonds is 3. The Morgan fingerprint density at radius 3 is 2.62 bits per heavy atom. The van der Waals surface area contributed by atoms with Gasteiger partial charge in [0, 0.05) is 13.0 Å². The molecule has 2 unspecified atom stereocenters. The second-order valence-electron chi connectivity index (χ2n) is 3.50. The van der Waals surface area contributed by atoms with E-state index >= 15 is 0 Å². The van der Waals surface area contributed by atoms with Gasteiger partial charge in [-0.05, 0) is 6.92 Å². The number of likely N-dealkylation sites (tertiary alicyclic amines) is 1. The van der Waals surface area contributed by atoms with Crippen molar-refractivity contribution < 1.29 is 14.3 Å². The summed E-state index contributed by atoms with van der Waals surface area (Å²) in [6.07, 6.45) is 0.148. The molecule has 16 heavy (non-hydrogen) atoms. The predicted molar refractivity (Wildman–Crippen MR) is 57.1 cm³/mol. The highest BCUT2D eigenvalue weighted by molar-refractivity contribution is 5.86. The standard InChI is InChI=1S/C10H15N3O3/c1-2-3-4-16-7-5-8(9(11)14)13(6-7)10(12)15/h7-8H,4-6H2,1H3,(H2,11,14)(H2,12,15). The van der Waals surface area contributed by atoms with E-state index in [4.69, 9.17) is 16.2 Å². The number of ether oxygens (including phenoxy) is 1. The van der Waals surface area contributed by atoms with Crippen LogP contribution < -0.4 is 11.5 Å². The molecule has 88 valence electrons. The fourth-order valence-electron chi connectivity index (χ4n) is 1.66. The molecule has 1 heterocycles. The maximum Gasteiger partial charge on any atom is 0.315 e. The first kappa shape index (κ1) is 12.3. The average Bonchev–Trinajstić information content (AvgIpc) is 2.62. The monoisotopic (exact) mass is 225 g/mol. The van der Waals surface area contributed by atoms with E-state index in [1.807, 2.05) is 0 Å². The largest absolute Gasteiger partial charge is 0.368 e. The first-order valence-electron chi connectivity index (χ1n) is 4.92. The second kappa shape index (κ2) is 5.37. The lowest BCUT2D eigenvalue weighted by Crippen LogP contribution is -2.46. The van der Waals surface area contributed by atoms with E-state index < -0.39 is 18.0 Å². The smallest absolute Gasteiger partial charge is 0.315 e.